The zero-order valence-electron chi connectivity index (χ0n) is 12.5. The van der Waals surface area contributed by atoms with Gasteiger partial charge in [-0.15, -0.1) is 24.0 Å². The average molecular weight is 434 g/mol. The van der Waals surface area contributed by atoms with Crippen LogP contribution in [0.3, 0.4) is 0 Å². The third kappa shape index (κ3) is 6.65. The fraction of sp³-hybridized carbons (Fsp3) is 0.333. The Kier molecular flexibility index (Phi) is 8.91. The zero-order chi connectivity index (χ0) is 14.9. The van der Waals surface area contributed by atoms with Gasteiger partial charge in [0.25, 0.3) is 0 Å². The van der Waals surface area contributed by atoms with Crippen molar-refractivity contribution < 1.29 is 0 Å². The van der Waals surface area contributed by atoms with Gasteiger partial charge >= 0.3 is 0 Å². The molecule has 7 heteroatoms. The van der Waals surface area contributed by atoms with E-state index in [1.54, 1.807) is 19.3 Å². The van der Waals surface area contributed by atoms with Crippen molar-refractivity contribution in [1.29, 1.82) is 0 Å². The summed E-state index contributed by atoms with van der Waals surface area (Å²) in [5.41, 5.74) is 1.15. The predicted octanol–water partition coefficient (Wildman–Crippen LogP) is 2.56. The number of nitrogens with zero attached hydrogens (tertiary/aromatic N) is 3. The van der Waals surface area contributed by atoms with Gasteiger partial charge in [-0.2, -0.15) is 0 Å². The minimum absolute atomic E-state index is 0. The summed E-state index contributed by atoms with van der Waals surface area (Å²) < 4.78 is 2.12. The summed E-state index contributed by atoms with van der Waals surface area (Å²) in [4.78, 5) is 8.26. The minimum atomic E-state index is 0. The average Bonchev–Trinajstić information content (AvgIpc) is 3.01. The molecular formula is C15H21ClIN5. The number of guanidine groups is 1. The Bertz CT molecular complexity index is 554. The van der Waals surface area contributed by atoms with Gasteiger partial charge in [0.05, 0.1) is 0 Å². The first-order valence-corrected chi connectivity index (χ1v) is 7.31. The van der Waals surface area contributed by atoms with Crippen molar-refractivity contribution in [2.45, 2.75) is 13.0 Å². The van der Waals surface area contributed by atoms with Crippen LogP contribution in [0.15, 0.2) is 47.8 Å². The van der Waals surface area contributed by atoms with Gasteiger partial charge in [0.1, 0.15) is 5.15 Å². The van der Waals surface area contributed by atoms with E-state index in [1.165, 1.54) is 0 Å². The van der Waals surface area contributed by atoms with E-state index < -0.39 is 0 Å². The van der Waals surface area contributed by atoms with Gasteiger partial charge in [-0.3, -0.25) is 4.99 Å². The van der Waals surface area contributed by atoms with Gasteiger partial charge in [-0.25, -0.2) is 4.98 Å². The summed E-state index contributed by atoms with van der Waals surface area (Å²) in [5, 5.41) is 7.09. The van der Waals surface area contributed by atoms with E-state index >= 15 is 0 Å². The molecule has 22 heavy (non-hydrogen) atoms. The molecular weight excluding hydrogens is 413 g/mol. The summed E-state index contributed by atoms with van der Waals surface area (Å²) in [7, 11) is 1.77. The molecule has 0 unspecified atom stereocenters. The van der Waals surface area contributed by atoms with E-state index in [1.807, 2.05) is 30.6 Å². The summed E-state index contributed by atoms with van der Waals surface area (Å²) in [6, 6.07) is 7.83. The number of aromatic nitrogens is 2. The van der Waals surface area contributed by atoms with Gasteiger partial charge in [-0.1, -0.05) is 17.7 Å². The lowest BCUT2D eigenvalue weighted by atomic mass is 10.2. The molecule has 0 bridgehead atoms. The number of hydrogen-bond acceptors (Lipinski definition) is 2. The van der Waals surface area contributed by atoms with Crippen molar-refractivity contribution in [3.8, 4) is 0 Å². The van der Waals surface area contributed by atoms with Gasteiger partial charge in [-0.05, 0) is 30.2 Å². The van der Waals surface area contributed by atoms with E-state index in [0.717, 1.165) is 37.6 Å². The molecule has 0 aromatic carbocycles. The first-order chi connectivity index (χ1) is 10.3. The van der Waals surface area contributed by atoms with E-state index in [9.17, 15) is 0 Å². The highest BCUT2D eigenvalue weighted by molar-refractivity contribution is 14.0. The highest BCUT2D eigenvalue weighted by Gasteiger charge is 1.98. The maximum absolute atomic E-state index is 5.76. The molecule has 120 valence electrons. The second-order valence-electron chi connectivity index (χ2n) is 4.59. The van der Waals surface area contributed by atoms with Gasteiger partial charge in [0.2, 0.25) is 0 Å². The van der Waals surface area contributed by atoms with Crippen LogP contribution in [0.1, 0.15) is 5.56 Å². The quantitative estimate of drug-likeness (QED) is 0.319. The number of pyridine rings is 1. The van der Waals surface area contributed by atoms with Crippen molar-refractivity contribution in [1.82, 2.24) is 20.2 Å². The lowest BCUT2D eigenvalue weighted by Gasteiger charge is -2.12. The molecule has 0 aliphatic rings. The highest BCUT2D eigenvalue weighted by atomic mass is 127. The van der Waals surface area contributed by atoms with E-state index in [-0.39, 0.29) is 24.0 Å². The lowest BCUT2D eigenvalue weighted by molar-refractivity contribution is 0.665. The predicted molar refractivity (Wildman–Crippen MR) is 102 cm³/mol. The first-order valence-electron chi connectivity index (χ1n) is 6.93. The van der Waals surface area contributed by atoms with Gasteiger partial charge in [0.15, 0.2) is 5.96 Å². The fourth-order valence-electron chi connectivity index (χ4n) is 1.92. The zero-order valence-corrected chi connectivity index (χ0v) is 15.6. The largest absolute Gasteiger partial charge is 0.356 e. The molecule has 2 N–H and O–H groups in total. The van der Waals surface area contributed by atoms with Crippen molar-refractivity contribution >= 4 is 41.5 Å². The monoisotopic (exact) mass is 433 g/mol. The van der Waals surface area contributed by atoms with E-state index in [2.05, 4.69) is 25.2 Å². The summed E-state index contributed by atoms with van der Waals surface area (Å²) in [6.07, 6.45) is 6.77. The molecule has 0 spiro atoms. The van der Waals surface area contributed by atoms with Crippen LogP contribution in [0, 0.1) is 0 Å². The molecule has 0 radical (unpaired) electrons. The van der Waals surface area contributed by atoms with Crippen molar-refractivity contribution in [3.63, 3.8) is 0 Å². The van der Waals surface area contributed by atoms with Crippen LogP contribution >= 0.6 is 35.6 Å². The molecule has 0 saturated heterocycles. The highest BCUT2D eigenvalue weighted by Crippen LogP contribution is 2.05. The lowest BCUT2D eigenvalue weighted by Crippen LogP contribution is -2.39. The fourth-order valence-corrected chi connectivity index (χ4v) is 2.03. The molecule has 0 amide bonds. The van der Waals surface area contributed by atoms with Crippen LogP contribution in [0.5, 0.6) is 0 Å². The number of nitrogens with one attached hydrogen (secondary N) is 2. The third-order valence-electron chi connectivity index (χ3n) is 3.05. The Morgan fingerprint density at radius 2 is 1.95 bits per heavy atom. The van der Waals surface area contributed by atoms with Crippen molar-refractivity contribution in [2.24, 2.45) is 4.99 Å². The van der Waals surface area contributed by atoms with Gasteiger partial charge in [0, 0.05) is 45.3 Å². The molecule has 5 nitrogen and oxygen atoms in total. The van der Waals surface area contributed by atoms with Crippen molar-refractivity contribution in [3.05, 3.63) is 53.6 Å². The molecule has 2 aromatic rings. The smallest absolute Gasteiger partial charge is 0.191 e. The number of hydrogen-bond donors (Lipinski definition) is 2. The minimum Gasteiger partial charge on any atom is -0.356 e. The second-order valence-corrected chi connectivity index (χ2v) is 4.97. The molecule has 2 heterocycles. The Balaban J connectivity index is 0.00000242. The Labute approximate surface area is 153 Å². The van der Waals surface area contributed by atoms with Crippen LogP contribution in [0.2, 0.25) is 5.15 Å². The van der Waals surface area contributed by atoms with E-state index in [4.69, 9.17) is 11.6 Å². The Hall–Kier alpha value is -1.28. The third-order valence-corrected chi connectivity index (χ3v) is 3.27. The number of aliphatic imine (C=N–C) groups is 1. The summed E-state index contributed by atoms with van der Waals surface area (Å²) >= 11 is 5.76. The Morgan fingerprint density at radius 3 is 2.59 bits per heavy atom. The van der Waals surface area contributed by atoms with Crippen LogP contribution in [0.25, 0.3) is 0 Å². The molecule has 0 aliphatic carbocycles. The first kappa shape index (κ1) is 18.8. The van der Waals surface area contributed by atoms with E-state index in [0.29, 0.717) is 5.15 Å². The molecule has 2 aromatic heterocycles. The standard InChI is InChI=1S/C15H20ClN5.HI/c1-17-15(19-8-11-21-9-2-3-10-21)18-7-6-13-4-5-14(16)20-12-13;/h2-5,9-10,12H,6-8,11H2,1H3,(H2,17,18,19);1H. The summed E-state index contributed by atoms with van der Waals surface area (Å²) in [6.45, 7) is 2.54. The topological polar surface area (TPSA) is 54.2 Å². The Morgan fingerprint density at radius 1 is 1.23 bits per heavy atom. The van der Waals surface area contributed by atoms with Crippen LogP contribution in [-0.4, -0.2) is 35.6 Å². The second kappa shape index (κ2) is 10.4. The van der Waals surface area contributed by atoms with Crippen LogP contribution < -0.4 is 10.6 Å². The molecule has 0 saturated carbocycles. The molecule has 2 rings (SSSR count). The van der Waals surface area contributed by atoms with Gasteiger partial charge < -0.3 is 15.2 Å². The maximum atomic E-state index is 5.76. The molecule has 0 aliphatic heterocycles. The summed E-state index contributed by atoms with van der Waals surface area (Å²) in [5.74, 6) is 0.809. The number of halogens is 2. The molecule has 0 atom stereocenters. The SMILES string of the molecule is CN=C(NCCc1ccc(Cl)nc1)NCCn1cccc1.I. The number of rotatable bonds is 6. The van der Waals surface area contributed by atoms with Crippen LogP contribution in [0.4, 0.5) is 0 Å². The van der Waals surface area contributed by atoms with Crippen molar-refractivity contribution in [2.75, 3.05) is 20.1 Å². The maximum Gasteiger partial charge on any atom is 0.191 e. The van der Waals surface area contributed by atoms with Crippen LogP contribution in [-0.2, 0) is 13.0 Å². The molecule has 0 fully saturated rings. The normalized spacial score (nSPS) is 10.9.